The standard InChI is InChI=1S/C27H30N4O3S2/c32-23(28-12-11-20-7-2-1-3-8-20)19-35-27-29-24-21-9-4-5-10-22(21)36-25(24)26(33)31(27)14-6-13-30-15-17-34-18-16-30/h1-5,7-10H,6,11-19H2,(H,28,32). The molecule has 0 aliphatic carbocycles. The molecule has 9 heteroatoms. The fraction of sp³-hybridized carbons (Fsp3) is 0.370. The van der Waals surface area contributed by atoms with Gasteiger partial charge in [0.15, 0.2) is 5.16 Å². The molecule has 188 valence electrons. The van der Waals surface area contributed by atoms with Gasteiger partial charge in [0.05, 0.1) is 24.5 Å². The summed E-state index contributed by atoms with van der Waals surface area (Å²) in [4.78, 5) is 33.4. The summed E-state index contributed by atoms with van der Waals surface area (Å²) < 4.78 is 8.94. The van der Waals surface area contributed by atoms with Crippen LogP contribution < -0.4 is 10.9 Å². The molecule has 0 radical (unpaired) electrons. The lowest BCUT2D eigenvalue weighted by Gasteiger charge is -2.26. The fourth-order valence-corrected chi connectivity index (χ4v) is 6.35. The number of morpholine rings is 1. The topological polar surface area (TPSA) is 76.5 Å². The number of carbonyl (C=O) groups excluding carboxylic acids is 1. The van der Waals surface area contributed by atoms with E-state index in [1.807, 2.05) is 42.5 Å². The average molecular weight is 523 g/mol. The molecule has 1 amide bonds. The van der Waals surface area contributed by atoms with Gasteiger partial charge in [-0.05, 0) is 24.5 Å². The molecule has 5 rings (SSSR count). The van der Waals surface area contributed by atoms with Gasteiger partial charge in [-0.2, -0.15) is 0 Å². The first kappa shape index (κ1) is 25.0. The molecule has 3 heterocycles. The lowest BCUT2D eigenvalue weighted by molar-refractivity contribution is -0.118. The minimum Gasteiger partial charge on any atom is -0.379 e. The van der Waals surface area contributed by atoms with Crippen molar-refractivity contribution in [2.24, 2.45) is 0 Å². The summed E-state index contributed by atoms with van der Waals surface area (Å²) in [6.07, 6.45) is 1.63. The number of thiophene rings is 1. The third kappa shape index (κ3) is 5.98. The van der Waals surface area contributed by atoms with Crippen LogP contribution in [0.5, 0.6) is 0 Å². The Kier molecular flexibility index (Phi) is 8.32. The smallest absolute Gasteiger partial charge is 0.272 e. The number of amides is 1. The molecule has 7 nitrogen and oxygen atoms in total. The molecule has 1 aliphatic heterocycles. The number of hydrogen-bond donors (Lipinski definition) is 1. The zero-order valence-corrected chi connectivity index (χ0v) is 21.8. The summed E-state index contributed by atoms with van der Waals surface area (Å²) in [5, 5.41) is 4.59. The Labute approximate surface area is 218 Å². The molecule has 1 fully saturated rings. The van der Waals surface area contributed by atoms with Gasteiger partial charge in [0, 0.05) is 42.8 Å². The van der Waals surface area contributed by atoms with Gasteiger partial charge < -0.3 is 10.1 Å². The quantitative estimate of drug-likeness (QED) is 0.252. The predicted octanol–water partition coefficient (Wildman–Crippen LogP) is 3.78. The Morgan fingerprint density at radius 3 is 2.67 bits per heavy atom. The van der Waals surface area contributed by atoms with Crippen molar-refractivity contribution in [3.8, 4) is 0 Å². The van der Waals surface area contributed by atoms with Gasteiger partial charge in [0.1, 0.15) is 4.70 Å². The van der Waals surface area contributed by atoms with Crippen molar-refractivity contribution < 1.29 is 9.53 Å². The zero-order chi connectivity index (χ0) is 24.7. The van der Waals surface area contributed by atoms with E-state index >= 15 is 0 Å². The van der Waals surface area contributed by atoms with Crippen LogP contribution in [0.1, 0.15) is 12.0 Å². The second-order valence-electron chi connectivity index (χ2n) is 8.81. The van der Waals surface area contributed by atoms with Crippen LogP contribution >= 0.6 is 23.1 Å². The van der Waals surface area contributed by atoms with Crippen LogP contribution in [0.25, 0.3) is 20.3 Å². The highest BCUT2D eigenvalue weighted by atomic mass is 32.2. The van der Waals surface area contributed by atoms with E-state index in [9.17, 15) is 9.59 Å². The van der Waals surface area contributed by atoms with E-state index < -0.39 is 0 Å². The maximum absolute atomic E-state index is 13.6. The van der Waals surface area contributed by atoms with Crippen LogP contribution in [-0.4, -0.2) is 65.5 Å². The molecular weight excluding hydrogens is 492 g/mol. The highest BCUT2D eigenvalue weighted by Crippen LogP contribution is 2.31. The summed E-state index contributed by atoms with van der Waals surface area (Å²) in [5.74, 6) is 0.165. The van der Waals surface area contributed by atoms with Crippen LogP contribution in [-0.2, 0) is 22.5 Å². The average Bonchev–Trinajstić information content (AvgIpc) is 3.29. The molecule has 2 aromatic heterocycles. The molecule has 0 bridgehead atoms. The number of benzene rings is 2. The monoisotopic (exact) mass is 522 g/mol. The van der Waals surface area contributed by atoms with Crippen molar-refractivity contribution >= 4 is 49.3 Å². The van der Waals surface area contributed by atoms with E-state index in [4.69, 9.17) is 9.72 Å². The predicted molar refractivity (Wildman–Crippen MR) is 147 cm³/mol. The van der Waals surface area contributed by atoms with E-state index in [0.29, 0.717) is 22.9 Å². The Bertz CT molecular complexity index is 1380. The van der Waals surface area contributed by atoms with Gasteiger partial charge in [-0.1, -0.05) is 60.3 Å². The molecule has 1 N–H and O–H groups in total. The molecule has 1 aliphatic rings. The number of ether oxygens (including phenoxy) is 1. The summed E-state index contributed by atoms with van der Waals surface area (Å²) in [5.41, 5.74) is 1.91. The molecule has 0 atom stereocenters. The molecule has 0 saturated carbocycles. The number of thioether (sulfide) groups is 1. The molecule has 0 spiro atoms. The summed E-state index contributed by atoms with van der Waals surface area (Å²) in [7, 11) is 0. The van der Waals surface area contributed by atoms with E-state index in [-0.39, 0.29) is 17.2 Å². The maximum atomic E-state index is 13.6. The lowest BCUT2D eigenvalue weighted by atomic mass is 10.1. The minimum absolute atomic E-state index is 0.0184. The Balaban J connectivity index is 1.31. The third-order valence-corrected chi connectivity index (χ3v) is 8.44. The number of hydrogen-bond acceptors (Lipinski definition) is 7. The van der Waals surface area contributed by atoms with Crippen LogP contribution in [0, 0.1) is 0 Å². The van der Waals surface area contributed by atoms with E-state index in [2.05, 4.69) is 22.3 Å². The molecule has 4 aromatic rings. The summed E-state index contributed by atoms with van der Waals surface area (Å²) in [6.45, 7) is 5.43. The maximum Gasteiger partial charge on any atom is 0.272 e. The largest absolute Gasteiger partial charge is 0.379 e. The van der Waals surface area contributed by atoms with E-state index in [1.54, 1.807) is 4.57 Å². The molecule has 0 unspecified atom stereocenters. The minimum atomic E-state index is -0.0553. The number of carbonyl (C=O) groups is 1. The number of nitrogens with one attached hydrogen (secondary N) is 1. The van der Waals surface area contributed by atoms with Gasteiger partial charge in [0.2, 0.25) is 5.91 Å². The van der Waals surface area contributed by atoms with Gasteiger partial charge in [-0.3, -0.25) is 19.1 Å². The normalized spacial score (nSPS) is 14.4. The number of fused-ring (bicyclic) bond motifs is 3. The third-order valence-electron chi connectivity index (χ3n) is 6.32. The SMILES string of the molecule is O=C(CSc1nc2c(sc3ccccc32)c(=O)n1CCCN1CCOCC1)NCCc1ccccc1. The summed E-state index contributed by atoms with van der Waals surface area (Å²) in [6, 6.07) is 18.1. The van der Waals surface area contributed by atoms with Crippen LogP contribution in [0.15, 0.2) is 64.5 Å². The molecule has 36 heavy (non-hydrogen) atoms. The van der Waals surface area contributed by atoms with Crippen molar-refractivity contribution in [2.45, 2.75) is 24.5 Å². The molecular formula is C27H30N4O3S2. The summed E-state index contributed by atoms with van der Waals surface area (Å²) >= 11 is 2.83. The molecule has 1 saturated heterocycles. The Morgan fingerprint density at radius 1 is 1.06 bits per heavy atom. The van der Waals surface area contributed by atoms with Gasteiger partial charge in [0.25, 0.3) is 5.56 Å². The van der Waals surface area contributed by atoms with Crippen molar-refractivity contribution in [3.05, 3.63) is 70.5 Å². The molecule has 2 aromatic carbocycles. The first-order valence-corrected chi connectivity index (χ1v) is 14.1. The number of nitrogens with zero attached hydrogens (tertiary/aromatic N) is 3. The highest BCUT2D eigenvalue weighted by Gasteiger charge is 2.18. The second kappa shape index (κ2) is 12.0. The van der Waals surface area contributed by atoms with Gasteiger partial charge in [-0.25, -0.2) is 4.98 Å². The number of aromatic nitrogens is 2. The highest BCUT2D eigenvalue weighted by molar-refractivity contribution is 7.99. The van der Waals surface area contributed by atoms with Crippen molar-refractivity contribution in [1.82, 2.24) is 19.8 Å². The second-order valence-corrected chi connectivity index (χ2v) is 10.8. The Morgan fingerprint density at radius 2 is 1.83 bits per heavy atom. The van der Waals surface area contributed by atoms with Crippen LogP contribution in [0.3, 0.4) is 0 Å². The first-order valence-electron chi connectivity index (χ1n) is 12.3. The zero-order valence-electron chi connectivity index (χ0n) is 20.2. The van der Waals surface area contributed by atoms with Crippen molar-refractivity contribution in [1.29, 1.82) is 0 Å². The van der Waals surface area contributed by atoms with E-state index in [1.165, 1.54) is 28.7 Å². The van der Waals surface area contributed by atoms with Gasteiger partial charge >= 0.3 is 0 Å². The van der Waals surface area contributed by atoms with Crippen LogP contribution in [0.4, 0.5) is 0 Å². The lowest BCUT2D eigenvalue weighted by Crippen LogP contribution is -2.37. The van der Waals surface area contributed by atoms with Gasteiger partial charge in [-0.15, -0.1) is 11.3 Å². The fourth-order valence-electron chi connectivity index (χ4n) is 4.41. The van der Waals surface area contributed by atoms with Crippen LogP contribution in [0.2, 0.25) is 0 Å². The Hall–Kier alpha value is -2.72. The van der Waals surface area contributed by atoms with Crippen molar-refractivity contribution in [2.75, 3.05) is 45.1 Å². The van der Waals surface area contributed by atoms with Crippen molar-refractivity contribution in [3.63, 3.8) is 0 Å². The van der Waals surface area contributed by atoms with E-state index in [0.717, 1.165) is 61.3 Å². The number of rotatable bonds is 10. The first-order chi connectivity index (χ1) is 17.7.